The van der Waals surface area contributed by atoms with E-state index in [1.165, 1.54) is 0 Å². The number of ether oxygens (including phenoxy) is 1. The first-order valence-electron chi connectivity index (χ1n) is 6.52. The summed E-state index contributed by atoms with van der Waals surface area (Å²) in [7, 11) is 1.66. The maximum Gasteiger partial charge on any atom is 0.221 e. The largest absolute Gasteiger partial charge is 0.496 e. The van der Waals surface area contributed by atoms with Crippen LogP contribution in [0, 0.1) is 0 Å². The van der Waals surface area contributed by atoms with Crippen molar-refractivity contribution >= 4 is 5.91 Å². The molecule has 1 aromatic rings. The molecule has 0 saturated heterocycles. The van der Waals surface area contributed by atoms with Crippen molar-refractivity contribution in [1.29, 1.82) is 0 Å². The van der Waals surface area contributed by atoms with E-state index in [4.69, 9.17) is 10.5 Å². The van der Waals surface area contributed by atoms with Crippen LogP contribution >= 0.6 is 0 Å². The third kappa shape index (κ3) is 4.56. The molecule has 0 aliphatic rings. The molecule has 1 amide bonds. The standard InChI is InChI=1S/C15H24N2O2/c1-11(16)9-14(18)17-10-15(2,3)12-7-5-6-8-13(12)19-4/h5-8,11H,9-10,16H2,1-4H3,(H,17,18). The lowest BCUT2D eigenvalue weighted by atomic mass is 9.84. The van der Waals surface area contributed by atoms with E-state index in [-0.39, 0.29) is 17.4 Å². The van der Waals surface area contributed by atoms with Crippen LogP contribution in [0.2, 0.25) is 0 Å². The molecule has 4 heteroatoms. The number of para-hydroxylation sites is 1. The van der Waals surface area contributed by atoms with Crippen molar-refractivity contribution in [2.75, 3.05) is 13.7 Å². The molecule has 0 aromatic heterocycles. The van der Waals surface area contributed by atoms with Crippen molar-refractivity contribution in [2.24, 2.45) is 5.73 Å². The zero-order chi connectivity index (χ0) is 14.5. The molecule has 0 spiro atoms. The minimum absolute atomic E-state index is 0.0158. The summed E-state index contributed by atoms with van der Waals surface area (Å²) in [5.74, 6) is 0.826. The Labute approximate surface area is 115 Å². The first-order valence-corrected chi connectivity index (χ1v) is 6.52. The predicted molar refractivity (Wildman–Crippen MR) is 77.3 cm³/mol. The molecule has 1 rings (SSSR count). The first-order chi connectivity index (χ1) is 8.86. The highest BCUT2D eigenvalue weighted by molar-refractivity contribution is 5.76. The van der Waals surface area contributed by atoms with Gasteiger partial charge < -0.3 is 15.8 Å². The van der Waals surface area contributed by atoms with Gasteiger partial charge in [-0.2, -0.15) is 0 Å². The number of carbonyl (C=O) groups excluding carboxylic acids is 1. The Balaban J connectivity index is 2.72. The molecule has 0 aliphatic carbocycles. The molecule has 0 fully saturated rings. The van der Waals surface area contributed by atoms with E-state index in [0.29, 0.717) is 13.0 Å². The van der Waals surface area contributed by atoms with E-state index >= 15 is 0 Å². The van der Waals surface area contributed by atoms with Crippen LogP contribution in [0.3, 0.4) is 0 Å². The van der Waals surface area contributed by atoms with E-state index in [1.54, 1.807) is 7.11 Å². The fraction of sp³-hybridized carbons (Fsp3) is 0.533. The van der Waals surface area contributed by atoms with Gasteiger partial charge in [0.2, 0.25) is 5.91 Å². The van der Waals surface area contributed by atoms with Gasteiger partial charge in [-0.25, -0.2) is 0 Å². The van der Waals surface area contributed by atoms with Crippen molar-refractivity contribution in [3.05, 3.63) is 29.8 Å². The third-order valence-electron chi connectivity index (χ3n) is 3.07. The monoisotopic (exact) mass is 264 g/mol. The lowest BCUT2D eigenvalue weighted by Crippen LogP contribution is -2.38. The van der Waals surface area contributed by atoms with Gasteiger partial charge in [-0.05, 0) is 13.0 Å². The summed E-state index contributed by atoms with van der Waals surface area (Å²) in [6, 6.07) is 7.75. The number of benzene rings is 1. The number of hydrogen-bond donors (Lipinski definition) is 2. The van der Waals surface area contributed by atoms with E-state index in [1.807, 2.05) is 31.2 Å². The van der Waals surface area contributed by atoms with Gasteiger partial charge in [0, 0.05) is 30.0 Å². The molecule has 0 bridgehead atoms. The summed E-state index contributed by atoms with van der Waals surface area (Å²) < 4.78 is 5.37. The van der Waals surface area contributed by atoms with Crippen molar-refractivity contribution in [1.82, 2.24) is 5.32 Å². The minimum atomic E-state index is -0.194. The number of rotatable bonds is 6. The van der Waals surface area contributed by atoms with Crippen LogP contribution in [0.4, 0.5) is 0 Å². The second-order valence-electron chi connectivity index (χ2n) is 5.54. The van der Waals surface area contributed by atoms with Crippen LogP contribution in [0.15, 0.2) is 24.3 Å². The molecular weight excluding hydrogens is 240 g/mol. The van der Waals surface area contributed by atoms with Crippen LogP contribution < -0.4 is 15.8 Å². The SMILES string of the molecule is COc1ccccc1C(C)(C)CNC(=O)CC(C)N. The van der Waals surface area contributed by atoms with Crippen LogP contribution in [-0.2, 0) is 10.2 Å². The molecule has 0 aliphatic heterocycles. The average molecular weight is 264 g/mol. The summed E-state index contributed by atoms with van der Waals surface area (Å²) in [5, 5.41) is 2.93. The highest BCUT2D eigenvalue weighted by atomic mass is 16.5. The Bertz CT molecular complexity index is 428. The lowest BCUT2D eigenvalue weighted by Gasteiger charge is -2.27. The molecule has 1 unspecified atom stereocenters. The van der Waals surface area contributed by atoms with Gasteiger partial charge in [0.15, 0.2) is 0 Å². The Kier molecular flexibility index (Phi) is 5.36. The molecule has 106 valence electrons. The summed E-state index contributed by atoms with van der Waals surface area (Å²) in [5.41, 5.74) is 6.50. The minimum Gasteiger partial charge on any atom is -0.496 e. The molecular formula is C15H24N2O2. The quantitative estimate of drug-likeness (QED) is 0.824. The van der Waals surface area contributed by atoms with E-state index in [9.17, 15) is 4.79 Å². The molecule has 1 aromatic carbocycles. The number of amides is 1. The van der Waals surface area contributed by atoms with Crippen LogP contribution in [0.5, 0.6) is 5.75 Å². The summed E-state index contributed by atoms with van der Waals surface area (Å²) >= 11 is 0. The van der Waals surface area contributed by atoms with Gasteiger partial charge in [-0.15, -0.1) is 0 Å². The van der Waals surface area contributed by atoms with Crippen molar-refractivity contribution < 1.29 is 9.53 Å². The van der Waals surface area contributed by atoms with E-state index in [2.05, 4.69) is 19.2 Å². The molecule has 1 atom stereocenters. The maximum atomic E-state index is 11.7. The zero-order valence-corrected chi connectivity index (χ0v) is 12.2. The Morgan fingerprint density at radius 3 is 2.63 bits per heavy atom. The average Bonchev–Trinajstić information content (AvgIpc) is 2.36. The van der Waals surface area contributed by atoms with Crippen molar-refractivity contribution in [3.63, 3.8) is 0 Å². The summed E-state index contributed by atoms with van der Waals surface area (Å²) in [6.07, 6.45) is 0.349. The molecule has 0 radical (unpaired) electrons. The van der Waals surface area contributed by atoms with Gasteiger partial charge in [-0.1, -0.05) is 32.0 Å². The number of carbonyl (C=O) groups is 1. The highest BCUT2D eigenvalue weighted by Gasteiger charge is 2.24. The van der Waals surface area contributed by atoms with Crippen LogP contribution in [-0.4, -0.2) is 25.6 Å². The highest BCUT2D eigenvalue weighted by Crippen LogP contribution is 2.30. The Morgan fingerprint density at radius 1 is 1.42 bits per heavy atom. The van der Waals surface area contributed by atoms with Gasteiger partial charge in [0.05, 0.1) is 7.11 Å². The van der Waals surface area contributed by atoms with Crippen molar-refractivity contribution in [3.8, 4) is 5.75 Å². The fourth-order valence-electron chi connectivity index (χ4n) is 1.98. The predicted octanol–water partition coefficient (Wildman–Crippen LogP) is 1.83. The third-order valence-corrected chi connectivity index (χ3v) is 3.07. The number of nitrogens with one attached hydrogen (secondary N) is 1. The Morgan fingerprint density at radius 2 is 2.05 bits per heavy atom. The van der Waals surface area contributed by atoms with Gasteiger partial charge in [-0.3, -0.25) is 4.79 Å². The summed E-state index contributed by atoms with van der Waals surface area (Å²) in [6.45, 7) is 6.54. The maximum absolute atomic E-state index is 11.7. The number of nitrogens with two attached hydrogens (primary N) is 1. The second kappa shape index (κ2) is 6.57. The Hall–Kier alpha value is -1.55. The van der Waals surface area contributed by atoms with Gasteiger partial charge >= 0.3 is 0 Å². The summed E-state index contributed by atoms with van der Waals surface area (Å²) in [4.78, 5) is 11.7. The molecule has 0 saturated carbocycles. The molecule has 3 N–H and O–H groups in total. The molecule has 4 nitrogen and oxygen atoms in total. The van der Waals surface area contributed by atoms with Crippen LogP contribution in [0.25, 0.3) is 0 Å². The normalized spacial score (nSPS) is 12.9. The zero-order valence-electron chi connectivity index (χ0n) is 12.2. The topological polar surface area (TPSA) is 64.3 Å². The first kappa shape index (κ1) is 15.5. The lowest BCUT2D eigenvalue weighted by molar-refractivity contribution is -0.121. The van der Waals surface area contributed by atoms with E-state index < -0.39 is 0 Å². The fourth-order valence-corrected chi connectivity index (χ4v) is 1.98. The van der Waals surface area contributed by atoms with Gasteiger partial charge in [0.25, 0.3) is 0 Å². The van der Waals surface area contributed by atoms with Crippen molar-refractivity contribution in [2.45, 2.75) is 38.6 Å². The molecule has 19 heavy (non-hydrogen) atoms. The number of hydrogen-bond acceptors (Lipinski definition) is 3. The van der Waals surface area contributed by atoms with E-state index in [0.717, 1.165) is 11.3 Å². The smallest absolute Gasteiger partial charge is 0.221 e. The van der Waals surface area contributed by atoms with Crippen LogP contribution in [0.1, 0.15) is 32.8 Å². The molecule has 0 heterocycles. The van der Waals surface area contributed by atoms with Gasteiger partial charge in [0.1, 0.15) is 5.75 Å². The second-order valence-corrected chi connectivity index (χ2v) is 5.54. The number of methoxy groups -OCH3 is 1.